The largest absolute Gasteiger partial charge is 0.391 e. The number of aliphatic hydroxyl groups excluding tert-OH is 1. The number of H-pyrrole nitrogens is 1. The van der Waals surface area contributed by atoms with Crippen molar-refractivity contribution in [1.82, 2.24) is 15.2 Å². The lowest BCUT2D eigenvalue weighted by atomic mass is 10.4. The van der Waals surface area contributed by atoms with Crippen LogP contribution < -0.4 is 5.73 Å². The molecular weight excluding hydrogens is 164 g/mol. The normalized spacial score (nSPS) is 13.3. The standard InChI is InChI=1S/C5H10N4OS/c6-1-4(10)2-11-5-7-3-8-9-5/h3-4,10H,1-2,6H2,(H,7,8,9). The van der Waals surface area contributed by atoms with Gasteiger partial charge in [-0.25, -0.2) is 4.98 Å². The van der Waals surface area contributed by atoms with Gasteiger partial charge in [-0.1, -0.05) is 11.8 Å². The molecule has 1 aromatic heterocycles. The van der Waals surface area contributed by atoms with Gasteiger partial charge in [0, 0.05) is 12.3 Å². The Balaban J connectivity index is 2.23. The average Bonchev–Trinajstić information content (AvgIpc) is 2.52. The van der Waals surface area contributed by atoms with Crippen LogP contribution in [0, 0.1) is 0 Å². The van der Waals surface area contributed by atoms with E-state index in [-0.39, 0.29) is 6.54 Å². The molecule has 0 aliphatic heterocycles. The molecule has 1 aromatic rings. The fraction of sp³-hybridized carbons (Fsp3) is 0.600. The quantitative estimate of drug-likeness (QED) is 0.521. The van der Waals surface area contributed by atoms with E-state index in [9.17, 15) is 0 Å². The molecule has 11 heavy (non-hydrogen) atoms. The van der Waals surface area contributed by atoms with E-state index in [4.69, 9.17) is 10.8 Å². The molecule has 0 spiro atoms. The molecule has 62 valence electrons. The molecule has 1 unspecified atom stereocenters. The summed E-state index contributed by atoms with van der Waals surface area (Å²) in [5, 5.41) is 16.1. The third-order valence-electron chi connectivity index (χ3n) is 1.08. The fourth-order valence-corrected chi connectivity index (χ4v) is 1.23. The molecule has 0 amide bonds. The molecular formula is C5H10N4OS. The number of rotatable bonds is 4. The lowest BCUT2D eigenvalue weighted by Gasteiger charge is -2.03. The smallest absolute Gasteiger partial charge is 0.183 e. The summed E-state index contributed by atoms with van der Waals surface area (Å²) < 4.78 is 0. The van der Waals surface area contributed by atoms with Crippen LogP contribution in [0.1, 0.15) is 0 Å². The highest BCUT2D eigenvalue weighted by atomic mass is 32.2. The van der Waals surface area contributed by atoms with E-state index in [2.05, 4.69) is 15.2 Å². The average molecular weight is 174 g/mol. The number of nitrogens with two attached hydrogens (primary N) is 1. The molecule has 0 saturated heterocycles. The summed E-state index contributed by atoms with van der Waals surface area (Å²) in [6, 6.07) is 0. The van der Waals surface area contributed by atoms with Crippen molar-refractivity contribution in [2.75, 3.05) is 12.3 Å². The maximum Gasteiger partial charge on any atom is 0.183 e. The molecule has 0 saturated carbocycles. The molecule has 1 atom stereocenters. The van der Waals surface area contributed by atoms with Gasteiger partial charge in [0.2, 0.25) is 0 Å². The molecule has 4 N–H and O–H groups in total. The van der Waals surface area contributed by atoms with Crippen molar-refractivity contribution in [2.45, 2.75) is 11.3 Å². The molecule has 1 rings (SSSR count). The fourth-order valence-electron chi connectivity index (χ4n) is 0.507. The SMILES string of the molecule is NCC(O)CSc1ncn[nH]1. The van der Waals surface area contributed by atoms with Gasteiger partial charge in [0.1, 0.15) is 6.33 Å². The maximum atomic E-state index is 9.05. The van der Waals surface area contributed by atoms with Gasteiger partial charge in [-0.2, -0.15) is 5.10 Å². The van der Waals surface area contributed by atoms with Crippen LogP contribution in [0.25, 0.3) is 0 Å². The molecule has 0 fully saturated rings. The predicted octanol–water partition coefficient (Wildman–Crippen LogP) is -0.784. The number of hydrogen-bond donors (Lipinski definition) is 3. The van der Waals surface area contributed by atoms with Crippen molar-refractivity contribution in [3.8, 4) is 0 Å². The second kappa shape index (κ2) is 4.32. The van der Waals surface area contributed by atoms with Crippen LogP contribution >= 0.6 is 11.8 Å². The van der Waals surface area contributed by atoms with Crippen LogP contribution in [0.2, 0.25) is 0 Å². The van der Waals surface area contributed by atoms with E-state index in [0.717, 1.165) is 0 Å². The highest BCUT2D eigenvalue weighted by Crippen LogP contribution is 2.11. The zero-order chi connectivity index (χ0) is 8.10. The second-order valence-corrected chi connectivity index (χ2v) is 3.00. The summed E-state index contributed by atoms with van der Waals surface area (Å²) in [4.78, 5) is 3.87. The highest BCUT2D eigenvalue weighted by molar-refractivity contribution is 7.99. The first-order valence-corrected chi connectivity index (χ1v) is 4.17. The van der Waals surface area contributed by atoms with Gasteiger partial charge in [-0.05, 0) is 0 Å². The van der Waals surface area contributed by atoms with Crippen LogP contribution in [0.5, 0.6) is 0 Å². The minimum Gasteiger partial charge on any atom is -0.391 e. The molecule has 0 aromatic carbocycles. The first-order chi connectivity index (χ1) is 5.33. The van der Waals surface area contributed by atoms with E-state index >= 15 is 0 Å². The summed E-state index contributed by atoms with van der Waals surface area (Å²) in [7, 11) is 0. The Hall–Kier alpha value is -0.590. The van der Waals surface area contributed by atoms with Crippen LogP contribution in [0.4, 0.5) is 0 Å². The van der Waals surface area contributed by atoms with Crippen molar-refractivity contribution in [3.05, 3.63) is 6.33 Å². The zero-order valence-electron chi connectivity index (χ0n) is 5.90. The Morgan fingerprint density at radius 2 is 2.64 bits per heavy atom. The number of aliphatic hydroxyl groups is 1. The summed E-state index contributed by atoms with van der Waals surface area (Å²) in [5.41, 5.74) is 5.20. The van der Waals surface area contributed by atoms with Gasteiger partial charge in [0.25, 0.3) is 0 Å². The molecule has 0 aliphatic carbocycles. The first kappa shape index (κ1) is 8.51. The summed E-state index contributed by atoms with van der Waals surface area (Å²) in [6.07, 6.45) is 0.960. The van der Waals surface area contributed by atoms with Gasteiger partial charge in [-0.15, -0.1) is 0 Å². The molecule has 6 heteroatoms. The summed E-state index contributed by atoms with van der Waals surface area (Å²) in [6.45, 7) is 0.279. The van der Waals surface area contributed by atoms with Crippen molar-refractivity contribution < 1.29 is 5.11 Å². The number of thioether (sulfide) groups is 1. The number of nitrogens with one attached hydrogen (secondary N) is 1. The lowest BCUT2D eigenvalue weighted by Crippen LogP contribution is -2.21. The van der Waals surface area contributed by atoms with Crippen LogP contribution in [-0.2, 0) is 0 Å². The molecule has 0 aliphatic rings. The molecule has 0 radical (unpaired) electrons. The lowest BCUT2D eigenvalue weighted by molar-refractivity contribution is 0.208. The van der Waals surface area contributed by atoms with E-state index in [1.807, 2.05) is 0 Å². The van der Waals surface area contributed by atoms with Crippen molar-refractivity contribution in [2.24, 2.45) is 5.73 Å². The second-order valence-electron chi connectivity index (χ2n) is 1.99. The van der Waals surface area contributed by atoms with Gasteiger partial charge in [0.15, 0.2) is 5.16 Å². The van der Waals surface area contributed by atoms with Gasteiger partial charge >= 0.3 is 0 Å². The summed E-state index contributed by atoms with van der Waals surface area (Å²) in [5.74, 6) is 0.547. The topological polar surface area (TPSA) is 87.8 Å². The predicted molar refractivity (Wildman–Crippen MR) is 42.2 cm³/mol. The summed E-state index contributed by atoms with van der Waals surface area (Å²) >= 11 is 1.40. The van der Waals surface area contributed by atoms with E-state index in [0.29, 0.717) is 10.9 Å². The van der Waals surface area contributed by atoms with E-state index in [1.165, 1.54) is 18.1 Å². The Labute approximate surface area is 68.4 Å². The van der Waals surface area contributed by atoms with Gasteiger partial charge < -0.3 is 10.8 Å². The third kappa shape index (κ3) is 2.87. The van der Waals surface area contributed by atoms with Crippen LogP contribution in [0.3, 0.4) is 0 Å². The Morgan fingerprint density at radius 3 is 3.18 bits per heavy atom. The van der Waals surface area contributed by atoms with E-state index in [1.54, 1.807) is 0 Å². The Morgan fingerprint density at radius 1 is 1.82 bits per heavy atom. The number of aromatic nitrogens is 3. The van der Waals surface area contributed by atoms with Crippen molar-refractivity contribution in [1.29, 1.82) is 0 Å². The maximum absolute atomic E-state index is 9.05. The van der Waals surface area contributed by atoms with Crippen LogP contribution in [-0.4, -0.2) is 38.7 Å². The Kier molecular flexibility index (Phi) is 3.34. The first-order valence-electron chi connectivity index (χ1n) is 3.19. The number of aromatic amines is 1. The third-order valence-corrected chi connectivity index (χ3v) is 2.10. The monoisotopic (exact) mass is 174 g/mol. The molecule has 1 heterocycles. The minimum atomic E-state index is -0.468. The van der Waals surface area contributed by atoms with Gasteiger partial charge in [-0.3, -0.25) is 5.10 Å². The van der Waals surface area contributed by atoms with Crippen molar-refractivity contribution in [3.63, 3.8) is 0 Å². The number of nitrogens with zero attached hydrogens (tertiary/aromatic N) is 2. The molecule has 0 bridgehead atoms. The zero-order valence-corrected chi connectivity index (χ0v) is 6.71. The van der Waals surface area contributed by atoms with Gasteiger partial charge in [0.05, 0.1) is 6.10 Å². The van der Waals surface area contributed by atoms with E-state index < -0.39 is 6.10 Å². The van der Waals surface area contributed by atoms with Crippen molar-refractivity contribution >= 4 is 11.8 Å². The van der Waals surface area contributed by atoms with Crippen LogP contribution in [0.15, 0.2) is 11.5 Å². The highest BCUT2D eigenvalue weighted by Gasteiger charge is 2.02. The molecule has 5 nitrogen and oxygen atoms in total. The number of hydrogen-bond acceptors (Lipinski definition) is 5. The minimum absolute atomic E-state index is 0.279. The Bertz CT molecular complexity index is 190.